The largest absolute Gasteiger partial charge is 0.465 e. The zero-order valence-electron chi connectivity index (χ0n) is 8.85. The molecule has 0 saturated carbocycles. The van der Waals surface area contributed by atoms with Crippen LogP contribution in [0.15, 0.2) is 42.5 Å². The molecule has 1 aliphatic rings. The van der Waals surface area contributed by atoms with Crippen LogP contribution in [0.5, 0.6) is 0 Å². The summed E-state index contributed by atoms with van der Waals surface area (Å²) in [5, 5.41) is 2.39. The van der Waals surface area contributed by atoms with Crippen LogP contribution in [0.4, 0.5) is 0 Å². The summed E-state index contributed by atoms with van der Waals surface area (Å²) in [7, 11) is 0. The minimum absolute atomic E-state index is 0.0652. The Morgan fingerprint density at radius 1 is 1.06 bits per heavy atom. The van der Waals surface area contributed by atoms with Gasteiger partial charge < -0.3 is 4.74 Å². The van der Waals surface area contributed by atoms with Crippen LogP contribution in [-0.2, 0) is 9.53 Å². The van der Waals surface area contributed by atoms with E-state index in [1.165, 1.54) is 10.8 Å². The van der Waals surface area contributed by atoms with E-state index >= 15 is 0 Å². The summed E-state index contributed by atoms with van der Waals surface area (Å²) in [6, 6.07) is 14.4. The molecular formula is C14H12O2. The maximum atomic E-state index is 11.5. The molecule has 1 unspecified atom stereocenters. The highest BCUT2D eigenvalue weighted by molar-refractivity contribution is 5.86. The van der Waals surface area contributed by atoms with E-state index in [9.17, 15) is 4.79 Å². The molecule has 0 amide bonds. The fourth-order valence-corrected chi connectivity index (χ4v) is 2.22. The molecule has 0 N–H and O–H groups in total. The van der Waals surface area contributed by atoms with Crippen molar-refractivity contribution in [1.82, 2.24) is 0 Å². The van der Waals surface area contributed by atoms with Gasteiger partial charge in [0.25, 0.3) is 0 Å². The monoisotopic (exact) mass is 212 g/mol. The molecule has 0 radical (unpaired) electrons. The van der Waals surface area contributed by atoms with Gasteiger partial charge in [-0.15, -0.1) is 0 Å². The van der Waals surface area contributed by atoms with Gasteiger partial charge in [-0.1, -0.05) is 42.5 Å². The van der Waals surface area contributed by atoms with Crippen LogP contribution in [0.2, 0.25) is 0 Å². The van der Waals surface area contributed by atoms with Crippen molar-refractivity contribution >= 4 is 16.7 Å². The molecule has 2 heteroatoms. The van der Waals surface area contributed by atoms with E-state index in [0.717, 1.165) is 12.0 Å². The molecule has 2 aromatic rings. The zero-order chi connectivity index (χ0) is 11.0. The third kappa shape index (κ3) is 1.47. The molecular weight excluding hydrogens is 200 g/mol. The maximum Gasteiger partial charge on any atom is 0.313 e. The van der Waals surface area contributed by atoms with Crippen LogP contribution < -0.4 is 0 Å². The van der Waals surface area contributed by atoms with Crippen molar-refractivity contribution in [3.63, 3.8) is 0 Å². The van der Waals surface area contributed by atoms with E-state index in [1.807, 2.05) is 18.2 Å². The molecule has 16 heavy (non-hydrogen) atoms. The Hall–Kier alpha value is -1.83. The summed E-state index contributed by atoms with van der Waals surface area (Å²) in [4.78, 5) is 11.5. The van der Waals surface area contributed by atoms with Crippen LogP contribution in [-0.4, -0.2) is 12.6 Å². The third-order valence-corrected chi connectivity index (χ3v) is 3.11. The molecule has 0 bridgehead atoms. The van der Waals surface area contributed by atoms with Crippen LogP contribution in [0, 0.1) is 0 Å². The summed E-state index contributed by atoms with van der Waals surface area (Å²) in [6.07, 6.45) is 0.803. The lowest BCUT2D eigenvalue weighted by Crippen LogP contribution is -2.05. The molecule has 3 rings (SSSR count). The quantitative estimate of drug-likeness (QED) is 0.679. The Kier molecular flexibility index (Phi) is 2.13. The third-order valence-electron chi connectivity index (χ3n) is 3.11. The maximum absolute atomic E-state index is 11.5. The van der Waals surface area contributed by atoms with Gasteiger partial charge in [0, 0.05) is 0 Å². The summed E-state index contributed by atoms with van der Waals surface area (Å²) in [6.45, 7) is 0.552. The predicted molar refractivity (Wildman–Crippen MR) is 62.3 cm³/mol. The van der Waals surface area contributed by atoms with Gasteiger partial charge in [-0.25, -0.2) is 0 Å². The van der Waals surface area contributed by atoms with Crippen molar-refractivity contribution in [1.29, 1.82) is 0 Å². The second-order valence-electron chi connectivity index (χ2n) is 4.12. The van der Waals surface area contributed by atoms with E-state index in [0.29, 0.717) is 6.61 Å². The second-order valence-corrected chi connectivity index (χ2v) is 4.12. The second kappa shape index (κ2) is 3.63. The first-order valence-electron chi connectivity index (χ1n) is 5.50. The number of hydrogen-bond donors (Lipinski definition) is 0. The number of benzene rings is 2. The lowest BCUT2D eigenvalue weighted by molar-refractivity contribution is -0.139. The fraction of sp³-hybridized carbons (Fsp3) is 0.214. The Morgan fingerprint density at radius 3 is 2.62 bits per heavy atom. The molecule has 0 aromatic heterocycles. The molecule has 0 aliphatic carbocycles. The van der Waals surface area contributed by atoms with Gasteiger partial charge in [-0.3, -0.25) is 4.79 Å². The van der Waals surface area contributed by atoms with E-state index in [-0.39, 0.29) is 11.9 Å². The Balaban J connectivity index is 2.08. The van der Waals surface area contributed by atoms with Gasteiger partial charge in [0.1, 0.15) is 0 Å². The standard InChI is InChI=1S/C14H12O2/c15-14-13(7-8-16-14)12-6-5-10-3-1-2-4-11(10)9-12/h1-6,9,13H,7-8H2. The number of rotatable bonds is 1. The Bertz CT molecular complexity index is 545. The summed E-state index contributed by atoms with van der Waals surface area (Å²) < 4.78 is 4.99. The van der Waals surface area contributed by atoms with Crippen molar-refractivity contribution in [2.75, 3.05) is 6.61 Å². The Morgan fingerprint density at radius 2 is 1.88 bits per heavy atom. The number of fused-ring (bicyclic) bond motifs is 1. The summed E-state index contributed by atoms with van der Waals surface area (Å²) in [5.74, 6) is -0.153. The summed E-state index contributed by atoms with van der Waals surface area (Å²) in [5.41, 5.74) is 1.07. The van der Waals surface area contributed by atoms with Crippen LogP contribution in [0.25, 0.3) is 10.8 Å². The molecule has 1 aliphatic heterocycles. The van der Waals surface area contributed by atoms with Crippen molar-refractivity contribution in [3.8, 4) is 0 Å². The first-order chi connectivity index (χ1) is 7.84. The average molecular weight is 212 g/mol. The number of hydrogen-bond acceptors (Lipinski definition) is 2. The number of cyclic esters (lactones) is 1. The minimum atomic E-state index is -0.0877. The van der Waals surface area contributed by atoms with Crippen molar-refractivity contribution in [2.24, 2.45) is 0 Å². The van der Waals surface area contributed by atoms with Gasteiger partial charge in [0.15, 0.2) is 0 Å². The smallest absolute Gasteiger partial charge is 0.313 e. The van der Waals surface area contributed by atoms with Gasteiger partial charge >= 0.3 is 5.97 Å². The van der Waals surface area contributed by atoms with E-state index < -0.39 is 0 Å². The molecule has 1 atom stereocenters. The summed E-state index contributed by atoms with van der Waals surface area (Å²) >= 11 is 0. The molecule has 0 spiro atoms. The highest BCUT2D eigenvalue weighted by Gasteiger charge is 2.27. The van der Waals surface area contributed by atoms with E-state index in [4.69, 9.17) is 4.74 Å². The van der Waals surface area contributed by atoms with Crippen molar-refractivity contribution in [2.45, 2.75) is 12.3 Å². The van der Waals surface area contributed by atoms with Crippen molar-refractivity contribution < 1.29 is 9.53 Å². The molecule has 1 saturated heterocycles. The predicted octanol–water partition coefficient (Wildman–Crippen LogP) is 2.87. The highest BCUT2D eigenvalue weighted by Crippen LogP contribution is 2.28. The molecule has 1 fully saturated rings. The number of ether oxygens (including phenoxy) is 1. The SMILES string of the molecule is O=C1OCCC1c1ccc2ccccc2c1. The van der Waals surface area contributed by atoms with Crippen LogP contribution in [0.1, 0.15) is 17.9 Å². The molecule has 1 heterocycles. The molecule has 2 nitrogen and oxygen atoms in total. The van der Waals surface area contributed by atoms with Gasteiger partial charge in [-0.2, -0.15) is 0 Å². The van der Waals surface area contributed by atoms with Crippen molar-refractivity contribution in [3.05, 3.63) is 48.0 Å². The van der Waals surface area contributed by atoms with E-state index in [2.05, 4.69) is 24.3 Å². The first kappa shape index (κ1) is 9.40. The number of carbonyl (C=O) groups is 1. The minimum Gasteiger partial charge on any atom is -0.465 e. The topological polar surface area (TPSA) is 26.3 Å². The van der Waals surface area contributed by atoms with Gasteiger partial charge in [0.05, 0.1) is 12.5 Å². The first-order valence-corrected chi connectivity index (χ1v) is 5.50. The van der Waals surface area contributed by atoms with Gasteiger partial charge in [-0.05, 0) is 22.8 Å². The van der Waals surface area contributed by atoms with Crippen LogP contribution in [0.3, 0.4) is 0 Å². The van der Waals surface area contributed by atoms with Crippen LogP contribution >= 0.6 is 0 Å². The normalized spacial score (nSPS) is 20.0. The highest BCUT2D eigenvalue weighted by atomic mass is 16.5. The number of carbonyl (C=O) groups excluding carboxylic acids is 1. The molecule has 2 aromatic carbocycles. The lowest BCUT2D eigenvalue weighted by atomic mass is 9.95. The fourth-order valence-electron chi connectivity index (χ4n) is 2.22. The van der Waals surface area contributed by atoms with Gasteiger partial charge in [0.2, 0.25) is 0 Å². The zero-order valence-corrected chi connectivity index (χ0v) is 8.85. The Labute approximate surface area is 93.8 Å². The average Bonchev–Trinajstić information content (AvgIpc) is 2.75. The molecule has 80 valence electrons. The number of esters is 1. The lowest BCUT2D eigenvalue weighted by Gasteiger charge is -2.07. The van der Waals surface area contributed by atoms with E-state index in [1.54, 1.807) is 0 Å².